The minimum Gasteiger partial charge on any atom is -0.357 e. The van der Waals surface area contributed by atoms with E-state index in [1.807, 2.05) is 0 Å². The number of rotatable bonds is 6. The van der Waals surface area contributed by atoms with Crippen molar-refractivity contribution in [3.63, 3.8) is 0 Å². The van der Waals surface area contributed by atoms with E-state index in [-0.39, 0.29) is 24.2 Å². The number of likely N-dealkylation sites (N-methyl/N-ethyl adjacent to an activating group) is 1. The van der Waals surface area contributed by atoms with Crippen molar-refractivity contribution in [3.05, 3.63) is 0 Å². The molecule has 0 aliphatic rings. The molecule has 0 saturated carbocycles. The molecule has 6 heteroatoms. The quantitative estimate of drug-likeness (QED) is 0.559. The average Bonchev–Trinajstić information content (AvgIpc) is 2.15. The van der Waals surface area contributed by atoms with E-state index in [1.165, 1.54) is 6.92 Å². The number of nitrogens with one attached hydrogen (secondary N) is 2. The van der Waals surface area contributed by atoms with Crippen LogP contribution < -0.4 is 16.4 Å². The molecule has 2 amide bonds. The van der Waals surface area contributed by atoms with Crippen LogP contribution in [0.3, 0.4) is 0 Å². The van der Waals surface area contributed by atoms with Crippen LogP contribution in [0.25, 0.3) is 0 Å². The minimum atomic E-state index is -0.427. The van der Waals surface area contributed by atoms with Crippen molar-refractivity contribution in [1.29, 1.82) is 0 Å². The van der Waals surface area contributed by atoms with Gasteiger partial charge in [0.15, 0.2) is 0 Å². The van der Waals surface area contributed by atoms with Gasteiger partial charge in [-0.15, -0.1) is 12.4 Å². The van der Waals surface area contributed by atoms with Crippen molar-refractivity contribution >= 4 is 24.2 Å². The zero-order chi connectivity index (χ0) is 11.0. The molecule has 0 aliphatic carbocycles. The highest BCUT2D eigenvalue weighted by atomic mass is 35.5. The van der Waals surface area contributed by atoms with Gasteiger partial charge in [-0.3, -0.25) is 9.59 Å². The molecule has 0 unspecified atom stereocenters. The predicted octanol–water partition coefficient (Wildman–Crippen LogP) is -0.212. The normalized spacial score (nSPS) is 11.1. The fourth-order valence-corrected chi connectivity index (χ4v) is 1.18. The Balaban J connectivity index is 0. The largest absolute Gasteiger partial charge is 0.357 e. The molecular formula is C9H20ClN3O2. The van der Waals surface area contributed by atoms with Crippen LogP contribution in [0.2, 0.25) is 0 Å². The van der Waals surface area contributed by atoms with Gasteiger partial charge >= 0.3 is 0 Å². The van der Waals surface area contributed by atoms with Crippen molar-refractivity contribution in [2.45, 2.75) is 32.2 Å². The lowest BCUT2D eigenvalue weighted by Gasteiger charge is -2.15. The SMILES string of the molecule is CNC(=O)[C@H](CCCCN)NC(C)=O.Cl. The highest BCUT2D eigenvalue weighted by molar-refractivity contribution is 5.86. The Labute approximate surface area is 96.6 Å². The molecule has 4 N–H and O–H groups in total. The first-order valence-corrected chi connectivity index (χ1v) is 4.80. The van der Waals surface area contributed by atoms with Gasteiger partial charge in [0.05, 0.1) is 0 Å². The Morgan fingerprint density at radius 2 is 1.93 bits per heavy atom. The number of carbonyl (C=O) groups is 2. The van der Waals surface area contributed by atoms with Crippen molar-refractivity contribution in [3.8, 4) is 0 Å². The Hall–Kier alpha value is -0.810. The van der Waals surface area contributed by atoms with Gasteiger partial charge in [-0.25, -0.2) is 0 Å². The number of hydrogen-bond acceptors (Lipinski definition) is 3. The second-order valence-electron chi connectivity index (χ2n) is 3.15. The van der Waals surface area contributed by atoms with Gasteiger partial charge in [-0.1, -0.05) is 0 Å². The van der Waals surface area contributed by atoms with E-state index in [4.69, 9.17) is 5.73 Å². The van der Waals surface area contributed by atoms with Gasteiger partial charge in [-0.05, 0) is 25.8 Å². The second-order valence-corrected chi connectivity index (χ2v) is 3.15. The molecule has 0 aromatic heterocycles. The van der Waals surface area contributed by atoms with Crippen molar-refractivity contribution in [2.24, 2.45) is 5.73 Å². The maximum atomic E-state index is 11.3. The third-order valence-corrected chi connectivity index (χ3v) is 1.89. The van der Waals surface area contributed by atoms with E-state index < -0.39 is 6.04 Å². The first kappa shape index (κ1) is 16.6. The van der Waals surface area contributed by atoms with E-state index in [0.29, 0.717) is 13.0 Å². The van der Waals surface area contributed by atoms with E-state index >= 15 is 0 Å². The van der Waals surface area contributed by atoms with Crippen molar-refractivity contribution < 1.29 is 9.59 Å². The number of halogens is 1. The smallest absolute Gasteiger partial charge is 0.242 e. The molecule has 0 saturated heterocycles. The van der Waals surface area contributed by atoms with Gasteiger partial charge in [-0.2, -0.15) is 0 Å². The highest BCUT2D eigenvalue weighted by Crippen LogP contribution is 2.00. The lowest BCUT2D eigenvalue weighted by molar-refractivity contribution is -0.127. The summed E-state index contributed by atoms with van der Waals surface area (Å²) in [4.78, 5) is 22.1. The summed E-state index contributed by atoms with van der Waals surface area (Å²) in [6, 6.07) is -0.427. The summed E-state index contributed by atoms with van der Waals surface area (Å²) in [5.74, 6) is -0.344. The predicted molar refractivity (Wildman–Crippen MR) is 61.8 cm³/mol. The number of carbonyl (C=O) groups excluding carboxylic acids is 2. The molecule has 0 heterocycles. The lowest BCUT2D eigenvalue weighted by atomic mass is 10.1. The third-order valence-electron chi connectivity index (χ3n) is 1.89. The summed E-state index contributed by atoms with van der Waals surface area (Å²) in [5.41, 5.74) is 5.34. The summed E-state index contributed by atoms with van der Waals surface area (Å²) in [6.45, 7) is 2.01. The zero-order valence-electron chi connectivity index (χ0n) is 9.21. The number of hydrogen-bond donors (Lipinski definition) is 3. The van der Waals surface area contributed by atoms with Crippen LogP contribution >= 0.6 is 12.4 Å². The number of unbranched alkanes of at least 4 members (excludes halogenated alkanes) is 1. The van der Waals surface area contributed by atoms with Crippen LogP contribution in [0.4, 0.5) is 0 Å². The second kappa shape index (κ2) is 9.73. The van der Waals surface area contributed by atoms with Crippen LogP contribution in [-0.2, 0) is 9.59 Å². The van der Waals surface area contributed by atoms with Crippen LogP contribution in [0.5, 0.6) is 0 Å². The molecule has 0 fully saturated rings. The Kier molecular flexibility index (Phi) is 10.8. The summed E-state index contributed by atoms with van der Waals surface area (Å²) in [6.07, 6.45) is 2.35. The molecule has 0 aliphatic heterocycles. The average molecular weight is 238 g/mol. The maximum absolute atomic E-state index is 11.3. The fourth-order valence-electron chi connectivity index (χ4n) is 1.18. The van der Waals surface area contributed by atoms with Gasteiger partial charge in [0.25, 0.3) is 0 Å². The first-order valence-electron chi connectivity index (χ1n) is 4.80. The van der Waals surface area contributed by atoms with Gasteiger partial charge in [0.1, 0.15) is 6.04 Å². The Bertz CT molecular complexity index is 200. The summed E-state index contributed by atoms with van der Waals surface area (Å²) in [7, 11) is 1.56. The number of amides is 2. The molecule has 5 nitrogen and oxygen atoms in total. The topological polar surface area (TPSA) is 84.2 Å². The summed E-state index contributed by atoms with van der Waals surface area (Å²) < 4.78 is 0. The van der Waals surface area contributed by atoms with Gasteiger partial charge < -0.3 is 16.4 Å². The fraction of sp³-hybridized carbons (Fsp3) is 0.778. The molecule has 0 aromatic rings. The third kappa shape index (κ3) is 8.20. The molecule has 0 spiro atoms. The summed E-state index contributed by atoms with van der Waals surface area (Å²) in [5, 5.41) is 5.11. The Morgan fingerprint density at radius 1 is 1.33 bits per heavy atom. The molecule has 90 valence electrons. The van der Waals surface area contributed by atoms with Gasteiger partial charge in [0.2, 0.25) is 11.8 Å². The molecule has 0 aromatic carbocycles. The molecule has 1 atom stereocenters. The molecule has 0 radical (unpaired) electrons. The molecular weight excluding hydrogens is 218 g/mol. The van der Waals surface area contributed by atoms with Crippen LogP contribution in [-0.4, -0.2) is 31.4 Å². The highest BCUT2D eigenvalue weighted by Gasteiger charge is 2.16. The lowest BCUT2D eigenvalue weighted by Crippen LogP contribution is -2.44. The number of nitrogens with two attached hydrogens (primary N) is 1. The van der Waals surface area contributed by atoms with E-state index in [2.05, 4.69) is 10.6 Å². The van der Waals surface area contributed by atoms with Crippen LogP contribution in [0.15, 0.2) is 0 Å². The van der Waals surface area contributed by atoms with E-state index in [9.17, 15) is 9.59 Å². The maximum Gasteiger partial charge on any atom is 0.242 e. The monoisotopic (exact) mass is 237 g/mol. The van der Waals surface area contributed by atoms with Crippen LogP contribution in [0.1, 0.15) is 26.2 Å². The van der Waals surface area contributed by atoms with Crippen LogP contribution in [0, 0.1) is 0 Å². The molecule has 0 rings (SSSR count). The minimum absolute atomic E-state index is 0. The van der Waals surface area contributed by atoms with Gasteiger partial charge in [0, 0.05) is 14.0 Å². The molecule has 15 heavy (non-hydrogen) atoms. The standard InChI is InChI=1S/C9H19N3O2.ClH/c1-7(13)12-8(9(14)11-2)5-3-4-6-10;/h8H,3-6,10H2,1-2H3,(H,11,14)(H,12,13);1H/t8-;/m0./s1. The summed E-state index contributed by atoms with van der Waals surface area (Å²) >= 11 is 0. The van der Waals surface area contributed by atoms with E-state index in [0.717, 1.165) is 12.8 Å². The molecule has 0 bridgehead atoms. The van der Waals surface area contributed by atoms with E-state index in [1.54, 1.807) is 7.05 Å². The first-order chi connectivity index (χ1) is 6.61. The zero-order valence-corrected chi connectivity index (χ0v) is 10.0. The van der Waals surface area contributed by atoms with Crippen molar-refractivity contribution in [2.75, 3.05) is 13.6 Å². The Morgan fingerprint density at radius 3 is 2.33 bits per heavy atom. The van der Waals surface area contributed by atoms with Crippen molar-refractivity contribution in [1.82, 2.24) is 10.6 Å².